The summed E-state index contributed by atoms with van der Waals surface area (Å²) >= 11 is 0. The van der Waals surface area contributed by atoms with Gasteiger partial charge in [0.2, 0.25) is 0 Å². The average Bonchev–Trinajstić information content (AvgIpc) is 2.42. The Morgan fingerprint density at radius 3 is 0.696 bits per heavy atom. The highest BCUT2D eigenvalue weighted by Crippen LogP contribution is 1.79. The first-order valence-electron chi connectivity index (χ1n) is 6.64. The van der Waals surface area contributed by atoms with Gasteiger partial charge in [0.1, 0.15) is 0 Å². The quantitative estimate of drug-likeness (QED) is 0.460. The molecule has 0 aliphatic rings. The molecule has 0 heterocycles. The second kappa shape index (κ2) is 36.9. The maximum absolute atomic E-state index is 8.74. The molecule has 0 fully saturated rings. The highest BCUT2D eigenvalue weighted by molar-refractivity contribution is 7.79. The molecule has 0 radical (unpaired) electrons. The number of rotatable bonds is 0. The lowest BCUT2D eigenvalue weighted by Gasteiger charge is -1.69. The predicted molar refractivity (Wildman–Crippen MR) is 104 cm³/mol. The Labute approximate surface area is 143 Å². The van der Waals surface area contributed by atoms with Gasteiger partial charge in [0, 0.05) is 0 Å². The molecule has 0 saturated heterocycles. The van der Waals surface area contributed by atoms with Gasteiger partial charge in [0.25, 0.3) is 0 Å². The standard InChI is InChI=1S/C6H6.4C3H6.H2O4S/c1-2-4-6-5-3-1;4*1-3-2;1-5(2,3)4/h1-6H;4*3H,1H2,2H3;(H2,1,2,3,4). The third-order valence-corrected chi connectivity index (χ3v) is 0.667. The predicted octanol–water partition coefficient (Wildman–Crippen LogP) is 5.80. The minimum Gasteiger partial charge on any atom is -0.264 e. The Bertz CT molecular complexity index is 365. The fourth-order valence-corrected chi connectivity index (χ4v) is 0.385. The minimum absolute atomic E-state index is 1.75. The van der Waals surface area contributed by atoms with Crippen molar-refractivity contribution in [2.24, 2.45) is 0 Å². The van der Waals surface area contributed by atoms with Gasteiger partial charge in [-0.2, -0.15) is 8.42 Å². The Morgan fingerprint density at radius 2 is 0.652 bits per heavy atom. The number of benzene rings is 1. The van der Waals surface area contributed by atoms with E-state index >= 15 is 0 Å². The van der Waals surface area contributed by atoms with Crippen LogP contribution >= 0.6 is 0 Å². The molecular weight excluding hydrogens is 312 g/mol. The Balaban J connectivity index is -0.0000000585. The molecule has 2 N–H and O–H groups in total. The van der Waals surface area contributed by atoms with Crippen molar-refractivity contribution >= 4 is 10.4 Å². The van der Waals surface area contributed by atoms with Crippen LogP contribution in [-0.4, -0.2) is 17.5 Å². The van der Waals surface area contributed by atoms with E-state index in [2.05, 4.69) is 26.3 Å². The summed E-state index contributed by atoms with van der Waals surface area (Å²) in [5.74, 6) is 0. The number of hydrogen-bond acceptors (Lipinski definition) is 2. The van der Waals surface area contributed by atoms with E-state index in [0.29, 0.717) is 0 Å². The van der Waals surface area contributed by atoms with Crippen LogP contribution in [0.25, 0.3) is 0 Å². The van der Waals surface area contributed by atoms with E-state index in [1.165, 1.54) is 0 Å². The molecule has 0 saturated carbocycles. The Hall–Kier alpha value is -1.95. The summed E-state index contributed by atoms with van der Waals surface area (Å²) in [5, 5.41) is 0. The van der Waals surface area contributed by atoms with Gasteiger partial charge >= 0.3 is 10.4 Å². The van der Waals surface area contributed by atoms with Gasteiger partial charge in [-0.05, 0) is 27.7 Å². The van der Waals surface area contributed by atoms with Crippen LogP contribution in [-0.2, 0) is 10.4 Å². The van der Waals surface area contributed by atoms with Crippen molar-refractivity contribution in [3.05, 3.63) is 87.0 Å². The molecule has 0 atom stereocenters. The topological polar surface area (TPSA) is 74.6 Å². The van der Waals surface area contributed by atoms with Gasteiger partial charge in [-0.15, -0.1) is 26.3 Å². The largest absolute Gasteiger partial charge is 0.394 e. The van der Waals surface area contributed by atoms with E-state index in [1.54, 1.807) is 24.3 Å². The summed E-state index contributed by atoms with van der Waals surface area (Å²) < 4.78 is 31.6. The maximum atomic E-state index is 8.74. The van der Waals surface area contributed by atoms with E-state index < -0.39 is 10.4 Å². The smallest absolute Gasteiger partial charge is 0.264 e. The zero-order chi connectivity index (χ0) is 19.6. The molecule has 0 spiro atoms. The first-order valence-corrected chi connectivity index (χ1v) is 8.04. The van der Waals surface area contributed by atoms with Crippen LogP contribution in [0.4, 0.5) is 0 Å². The lowest BCUT2D eigenvalue weighted by atomic mass is 10.4. The van der Waals surface area contributed by atoms with Crippen molar-refractivity contribution in [2.75, 3.05) is 0 Å². The molecule has 1 rings (SSSR count). The highest BCUT2D eigenvalue weighted by Gasteiger charge is 1.84. The monoisotopic (exact) mass is 344 g/mol. The van der Waals surface area contributed by atoms with Crippen LogP contribution in [0.5, 0.6) is 0 Å². The summed E-state index contributed by atoms with van der Waals surface area (Å²) in [4.78, 5) is 0. The van der Waals surface area contributed by atoms with Crippen molar-refractivity contribution < 1.29 is 17.5 Å². The first kappa shape index (κ1) is 32.8. The first-order chi connectivity index (χ1) is 10.7. The lowest BCUT2D eigenvalue weighted by molar-refractivity contribution is 0.381. The molecule has 0 aliphatic carbocycles. The molecule has 1 aromatic rings. The maximum Gasteiger partial charge on any atom is 0.394 e. The fourth-order valence-electron chi connectivity index (χ4n) is 0.385. The van der Waals surface area contributed by atoms with Gasteiger partial charge in [-0.3, -0.25) is 9.11 Å². The zero-order valence-electron chi connectivity index (χ0n) is 14.7. The molecule has 0 aliphatic heterocycles. The van der Waals surface area contributed by atoms with Gasteiger partial charge < -0.3 is 0 Å². The minimum atomic E-state index is -4.67. The van der Waals surface area contributed by atoms with E-state index in [0.717, 1.165) is 0 Å². The summed E-state index contributed by atoms with van der Waals surface area (Å²) in [5.41, 5.74) is 0. The third kappa shape index (κ3) is 398. The average molecular weight is 345 g/mol. The normalized spacial score (nSPS) is 6.87. The fraction of sp³-hybridized carbons (Fsp3) is 0.222. The highest BCUT2D eigenvalue weighted by atomic mass is 32.3. The van der Waals surface area contributed by atoms with Gasteiger partial charge in [-0.1, -0.05) is 60.7 Å². The van der Waals surface area contributed by atoms with E-state index in [1.807, 2.05) is 64.1 Å². The molecule has 134 valence electrons. The zero-order valence-corrected chi connectivity index (χ0v) is 15.5. The van der Waals surface area contributed by atoms with Crippen LogP contribution in [0, 0.1) is 0 Å². The number of allylic oxidation sites excluding steroid dienone is 4. The molecule has 0 bridgehead atoms. The van der Waals surface area contributed by atoms with Crippen molar-refractivity contribution in [3.63, 3.8) is 0 Å². The Morgan fingerprint density at radius 1 is 0.609 bits per heavy atom. The van der Waals surface area contributed by atoms with Gasteiger partial charge in [-0.25, -0.2) is 0 Å². The van der Waals surface area contributed by atoms with E-state index in [-0.39, 0.29) is 0 Å². The van der Waals surface area contributed by atoms with Crippen LogP contribution in [0.15, 0.2) is 87.0 Å². The second-order valence-electron chi connectivity index (χ2n) is 3.24. The molecular formula is C18H32O4S. The van der Waals surface area contributed by atoms with Crippen molar-refractivity contribution in [1.82, 2.24) is 0 Å². The molecule has 23 heavy (non-hydrogen) atoms. The van der Waals surface area contributed by atoms with Gasteiger partial charge in [0.15, 0.2) is 0 Å². The van der Waals surface area contributed by atoms with Gasteiger partial charge in [0.05, 0.1) is 0 Å². The van der Waals surface area contributed by atoms with Crippen LogP contribution in [0.3, 0.4) is 0 Å². The summed E-state index contributed by atoms with van der Waals surface area (Å²) in [6.07, 6.45) is 7.00. The molecule has 4 nitrogen and oxygen atoms in total. The van der Waals surface area contributed by atoms with Crippen LogP contribution in [0.2, 0.25) is 0 Å². The second-order valence-corrected chi connectivity index (χ2v) is 4.13. The van der Waals surface area contributed by atoms with Crippen molar-refractivity contribution in [3.8, 4) is 0 Å². The molecule has 0 amide bonds. The van der Waals surface area contributed by atoms with Crippen LogP contribution in [0.1, 0.15) is 27.7 Å². The summed E-state index contributed by atoms with van der Waals surface area (Å²) in [6, 6.07) is 12.0. The van der Waals surface area contributed by atoms with E-state index in [4.69, 9.17) is 17.5 Å². The van der Waals surface area contributed by atoms with Crippen molar-refractivity contribution in [1.29, 1.82) is 0 Å². The number of hydrogen-bond donors (Lipinski definition) is 2. The molecule has 0 aromatic heterocycles. The summed E-state index contributed by atoms with van der Waals surface area (Å²) in [7, 11) is -4.67. The van der Waals surface area contributed by atoms with Crippen LogP contribution < -0.4 is 0 Å². The molecule has 0 unspecified atom stereocenters. The Kier molecular flexibility index (Phi) is 52.6. The van der Waals surface area contributed by atoms with Crippen molar-refractivity contribution in [2.45, 2.75) is 27.7 Å². The lowest BCUT2D eigenvalue weighted by Crippen LogP contribution is -1.89. The SMILES string of the molecule is C=CC.C=CC.C=CC.C=CC.O=S(=O)(O)O.c1ccccc1. The third-order valence-electron chi connectivity index (χ3n) is 0.667. The summed E-state index contributed by atoms with van der Waals surface area (Å²) in [6.45, 7) is 21.0. The van der Waals surface area contributed by atoms with E-state index in [9.17, 15) is 0 Å². The molecule has 5 heteroatoms. The molecule has 1 aromatic carbocycles.